The van der Waals surface area contributed by atoms with Gasteiger partial charge in [-0.1, -0.05) is 28.1 Å². The monoisotopic (exact) mass is 261 g/mol. The van der Waals surface area contributed by atoms with E-state index in [0.29, 0.717) is 0 Å². The Kier molecular flexibility index (Phi) is 3.38. The molecule has 1 aromatic carbocycles. The number of halogens is 2. The molecule has 0 bridgehead atoms. The summed E-state index contributed by atoms with van der Waals surface area (Å²) in [5.41, 5.74) is 7.42. The second kappa shape index (κ2) is 3.99. The Morgan fingerprint density at radius 2 is 1.69 bits per heavy atom. The smallest absolute Gasteiger partial charge is 0.0409 e. The van der Waals surface area contributed by atoms with Gasteiger partial charge in [-0.25, -0.2) is 0 Å². The Morgan fingerprint density at radius 1 is 1.15 bits per heavy atom. The summed E-state index contributed by atoms with van der Waals surface area (Å²) in [6, 6.07) is 8.34. The second-order valence-corrected chi connectivity index (χ2v) is 4.43. The van der Waals surface area contributed by atoms with Crippen LogP contribution < -0.4 is 5.73 Å². The molecule has 0 atom stereocenters. The zero-order valence-electron chi connectivity index (χ0n) is 7.29. The molecule has 1 aliphatic carbocycles. The number of rotatable bonds is 1. The van der Waals surface area contributed by atoms with E-state index in [9.17, 15) is 0 Å². The Balaban J connectivity index is 0.000000845. The lowest BCUT2D eigenvalue weighted by atomic mass is 9.73. The fourth-order valence-corrected chi connectivity index (χ4v) is 1.89. The molecule has 1 aromatic rings. The van der Waals surface area contributed by atoms with Crippen LogP contribution in [-0.2, 0) is 5.54 Å². The summed E-state index contributed by atoms with van der Waals surface area (Å²) in [6.45, 7) is 0. The zero-order chi connectivity index (χ0) is 8.60. The molecule has 1 aliphatic rings. The molecular weight excluding hydrogens is 249 g/mol. The van der Waals surface area contributed by atoms with Crippen molar-refractivity contribution < 1.29 is 0 Å². The maximum atomic E-state index is 6.16. The van der Waals surface area contributed by atoms with Crippen molar-refractivity contribution in [1.82, 2.24) is 0 Å². The van der Waals surface area contributed by atoms with E-state index in [1.165, 1.54) is 12.0 Å². The Labute approximate surface area is 93.2 Å². The van der Waals surface area contributed by atoms with Gasteiger partial charge in [-0.15, -0.1) is 12.4 Å². The van der Waals surface area contributed by atoms with Crippen LogP contribution in [0.25, 0.3) is 0 Å². The van der Waals surface area contributed by atoms with Crippen LogP contribution in [0.2, 0.25) is 0 Å². The first-order chi connectivity index (χ1) is 5.71. The van der Waals surface area contributed by atoms with Crippen molar-refractivity contribution in [1.29, 1.82) is 0 Å². The highest BCUT2D eigenvalue weighted by Gasteiger charge is 2.33. The minimum atomic E-state index is -0.0132. The molecule has 13 heavy (non-hydrogen) atoms. The van der Waals surface area contributed by atoms with Gasteiger partial charge < -0.3 is 5.73 Å². The number of benzene rings is 1. The van der Waals surface area contributed by atoms with Crippen molar-refractivity contribution in [2.45, 2.75) is 24.8 Å². The summed E-state index contributed by atoms with van der Waals surface area (Å²) in [5.74, 6) is 0. The van der Waals surface area contributed by atoms with Crippen LogP contribution in [0.4, 0.5) is 0 Å². The fraction of sp³-hybridized carbons (Fsp3) is 0.400. The molecule has 0 unspecified atom stereocenters. The van der Waals surface area contributed by atoms with Gasteiger partial charge in [-0.05, 0) is 37.0 Å². The van der Waals surface area contributed by atoms with Gasteiger partial charge in [0, 0.05) is 10.0 Å². The summed E-state index contributed by atoms with van der Waals surface area (Å²) >= 11 is 3.41. The first-order valence-electron chi connectivity index (χ1n) is 4.26. The lowest BCUT2D eigenvalue weighted by molar-refractivity contribution is 0.253. The van der Waals surface area contributed by atoms with E-state index in [1.807, 2.05) is 0 Å². The van der Waals surface area contributed by atoms with E-state index in [4.69, 9.17) is 5.73 Å². The fourth-order valence-electron chi connectivity index (χ4n) is 1.63. The van der Waals surface area contributed by atoms with E-state index >= 15 is 0 Å². The predicted molar refractivity (Wildman–Crippen MR) is 61.1 cm³/mol. The summed E-state index contributed by atoms with van der Waals surface area (Å²) in [6.07, 6.45) is 3.54. The molecule has 0 spiro atoms. The molecule has 0 heterocycles. The molecule has 2 N–H and O–H groups in total. The van der Waals surface area contributed by atoms with E-state index in [1.54, 1.807) is 0 Å². The van der Waals surface area contributed by atoms with Crippen molar-refractivity contribution in [2.24, 2.45) is 5.73 Å². The summed E-state index contributed by atoms with van der Waals surface area (Å²) in [5, 5.41) is 0. The van der Waals surface area contributed by atoms with Gasteiger partial charge in [0.15, 0.2) is 0 Å². The lowest BCUT2D eigenvalue weighted by Crippen LogP contribution is -2.43. The van der Waals surface area contributed by atoms with Gasteiger partial charge in [0.25, 0.3) is 0 Å². The quantitative estimate of drug-likeness (QED) is 0.826. The molecular formula is C10H13BrClN. The number of hydrogen-bond donors (Lipinski definition) is 1. The third kappa shape index (κ3) is 2.06. The summed E-state index contributed by atoms with van der Waals surface area (Å²) in [7, 11) is 0. The van der Waals surface area contributed by atoms with E-state index in [-0.39, 0.29) is 17.9 Å². The molecule has 0 saturated heterocycles. The molecule has 0 amide bonds. The van der Waals surface area contributed by atoms with Gasteiger partial charge in [0.1, 0.15) is 0 Å². The molecule has 2 rings (SSSR count). The summed E-state index contributed by atoms with van der Waals surface area (Å²) < 4.78 is 1.12. The van der Waals surface area contributed by atoms with Crippen LogP contribution in [0.3, 0.4) is 0 Å². The van der Waals surface area contributed by atoms with Crippen molar-refractivity contribution >= 4 is 28.3 Å². The van der Waals surface area contributed by atoms with Gasteiger partial charge in [-0.2, -0.15) is 0 Å². The van der Waals surface area contributed by atoms with Crippen molar-refractivity contribution in [3.05, 3.63) is 34.3 Å². The van der Waals surface area contributed by atoms with Crippen LogP contribution in [0.1, 0.15) is 24.8 Å². The van der Waals surface area contributed by atoms with Crippen molar-refractivity contribution in [3.63, 3.8) is 0 Å². The van der Waals surface area contributed by atoms with E-state index < -0.39 is 0 Å². The van der Waals surface area contributed by atoms with Crippen LogP contribution in [0.15, 0.2) is 28.7 Å². The molecule has 0 aliphatic heterocycles. The lowest BCUT2D eigenvalue weighted by Gasteiger charge is -2.38. The Bertz CT molecular complexity index is 279. The molecule has 1 saturated carbocycles. The van der Waals surface area contributed by atoms with Gasteiger partial charge in [-0.3, -0.25) is 0 Å². The van der Waals surface area contributed by atoms with Crippen LogP contribution >= 0.6 is 28.3 Å². The zero-order valence-corrected chi connectivity index (χ0v) is 9.70. The molecule has 1 fully saturated rings. The van der Waals surface area contributed by atoms with Crippen molar-refractivity contribution in [2.75, 3.05) is 0 Å². The minimum absolute atomic E-state index is 0. The molecule has 0 radical (unpaired) electrons. The van der Waals surface area contributed by atoms with Crippen LogP contribution in [0.5, 0.6) is 0 Å². The maximum Gasteiger partial charge on any atom is 0.0409 e. The first kappa shape index (κ1) is 11.0. The number of hydrogen-bond acceptors (Lipinski definition) is 1. The van der Waals surface area contributed by atoms with E-state index in [0.717, 1.165) is 17.3 Å². The largest absolute Gasteiger partial charge is 0.321 e. The predicted octanol–water partition coefficient (Wildman–Crippen LogP) is 3.21. The van der Waals surface area contributed by atoms with Crippen LogP contribution in [0, 0.1) is 0 Å². The molecule has 1 nitrogen and oxygen atoms in total. The number of nitrogens with two attached hydrogens (primary N) is 1. The van der Waals surface area contributed by atoms with Crippen molar-refractivity contribution in [3.8, 4) is 0 Å². The summed E-state index contributed by atoms with van der Waals surface area (Å²) in [4.78, 5) is 0. The Morgan fingerprint density at radius 3 is 2.08 bits per heavy atom. The Hall–Kier alpha value is -0.0500. The third-order valence-electron chi connectivity index (χ3n) is 2.66. The van der Waals surface area contributed by atoms with Crippen LogP contribution in [-0.4, -0.2) is 0 Å². The highest BCUT2D eigenvalue weighted by Crippen LogP contribution is 2.38. The standard InChI is InChI=1S/C10H12BrN.ClH/c11-9-4-2-8(3-5-9)10(12)6-1-7-10;/h2-5H,1,6-7,12H2;1H. The van der Waals surface area contributed by atoms with Gasteiger partial charge in [0.2, 0.25) is 0 Å². The van der Waals surface area contributed by atoms with Gasteiger partial charge in [0.05, 0.1) is 0 Å². The molecule has 72 valence electrons. The third-order valence-corrected chi connectivity index (χ3v) is 3.19. The average molecular weight is 263 g/mol. The molecule has 0 aromatic heterocycles. The first-order valence-corrected chi connectivity index (χ1v) is 5.05. The molecule has 3 heteroatoms. The normalized spacial score (nSPS) is 18.6. The van der Waals surface area contributed by atoms with Gasteiger partial charge >= 0.3 is 0 Å². The highest BCUT2D eigenvalue weighted by atomic mass is 79.9. The minimum Gasteiger partial charge on any atom is -0.321 e. The average Bonchev–Trinajstić information content (AvgIpc) is 2.02. The van der Waals surface area contributed by atoms with E-state index in [2.05, 4.69) is 40.2 Å². The SMILES string of the molecule is Cl.NC1(c2ccc(Br)cc2)CCC1. The maximum absolute atomic E-state index is 6.16. The second-order valence-electron chi connectivity index (χ2n) is 3.52. The highest BCUT2D eigenvalue weighted by molar-refractivity contribution is 9.10. The topological polar surface area (TPSA) is 26.0 Å².